The van der Waals surface area contributed by atoms with Gasteiger partial charge in [-0.2, -0.15) is 5.10 Å². The number of H-pyrrole nitrogens is 1. The zero-order chi connectivity index (χ0) is 12.4. The second kappa shape index (κ2) is 4.89. The summed E-state index contributed by atoms with van der Waals surface area (Å²) in [5.41, 5.74) is 1.96. The molecule has 2 rings (SSSR count). The van der Waals surface area contributed by atoms with Crippen LogP contribution in [0.5, 0.6) is 0 Å². The van der Waals surface area contributed by atoms with Gasteiger partial charge in [0.25, 0.3) is 5.91 Å². The minimum atomic E-state index is -0.261. The molecule has 6 heteroatoms. The number of nitrogens with zero attached hydrogens (tertiary/aromatic N) is 1. The summed E-state index contributed by atoms with van der Waals surface area (Å²) in [5, 5.41) is 9.65. The first-order valence-electron chi connectivity index (χ1n) is 4.84. The largest absolute Gasteiger partial charge is 0.320 e. The van der Waals surface area contributed by atoms with Crippen molar-refractivity contribution in [2.45, 2.75) is 6.92 Å². The summed E-state index contributed by atoms with van der Waals surface area (Å²) >= 11 is 9.38. The summed E-state index contributed by atoms with van der Waals surface area (Å²) in [6.07, 6.45) is 1.52. The number of aromatic nitrogens is 2. The number of amides is 1. The van der Waals surface area contributed by atoms with Gasteiger partial charge in [0.1, 0.15) is 5.69 Å². The zero-order valence-electron chi connectivity index (χ0n) is 8.92. The Morgan fingerprint density at radius 2 is 2.29 bits per heavy atom. The Hall–Kier alpha value is -1.33. The van der Waals surface area contributed by atoms with Crippen molar-refractivity contribution in [3.8, 4) is 0 Å². The molecule has 2 aromatic rings. The van der Waals surface area contributed by atoms with Crippen molar-refractivity contribution in [2.75, 3.05) is 5.32 Å². The summed E-state index contributed by atoms with van der Waals surface area (Å²) in [4.78, 5) is 11.8. The van der Waals surface area contributed by atoms with Crippen LogP contribution in [0.15, 0.2) is 28.9 Å². The smallest absolute Gasteiger partial charge is 0.273 e. The molecule has 2 N–H and O–H groups in total. The lowest BCUT2D eigenvalue weighted by Crippen LogP contribution is -2.12. The van der Waals surface area contributed by atoms with E-state index in [1.807, 2.05) is 13.0 Å². The van der Waals surface area contributed by atoms with Gasteiger partial charge in [-0.15, -0.1) is 0 Å². The quantitative estimate of drug-likeness (QED) is 0.892. The maximum absolute atomic E-state index is 11.8. The van der Waals surface area contributed by atoms with Crippen LogP contribution in [-0.2, 0) is 0 Å². The van der Waals surface area contributed by atoms with Gasteiger partial charge in [0.2, 0.25) is 0 Å². The van der Waals surface area contributed by atoms with Crippen LogP contribution in [0.3, 0.4) is 0 Å². The normalized spacial score (nSPS) is 10.3. The molecule has 0 aliphatic carbocycles. The number of anilines is 1. The fourth-order valence-electron chi connectivity index (χ4n) is 1.31. The molecule has 88 valence electrons. The average Bonchev–Trinajstić information content (AvgIpc) is 2.79. The van der Waals surface area contributed by atoms with Crippen molar-refractivity contribution in [1.29, 1.82) is 0 Å². The molecule has 17 heavy (non-hydrogen) atoms. The number of carbonyl (C=O) groups is 1. The van der Waals surface area contributed by atoms with Gasteiger partial charge in [-0.1, -0.05) is 11.6 Å². The van der Waals surface area contributed by atoms with Crippen LogP contribution in [0.2, 0.25) is 5.02 Å². The zero-order valence-corrected chi connectivity index (χ0v) is 11.3. The Morgan fingerprint density at radius 1 is 1.53 bits per heavy atom. The van der Waals surface area contributed by atoms with Crippen molar-refractivity contribution >= 4 is 39.1 Å². The van der Waals surface area contributed by atoms with Crippen molar-refractivity contribution in [3.63, 3.8) is 0 Å². The number of aryl methyl sites for hydroxylation is 1. The summed E-state index contributed by atoms with van der Waals surface area (Å²) in [6.45, 7) is 1.90. The van der Waals surface area contributed by atoms with Crippen LogP contribution in [0.25, 0.3) is 0 Å². The SMILES string of the molecule is Cc1cc(Br)c(NC(=O)c2ccn[nH]2)cc1Cl. The predicted octanol–water partition coefficient (Wildman–Crippen LogP) is 3.39. The standard InChI is InChI=1S/C11H9BrClN3O/c1-6-4-7(12)10(5-8(6)13)15-11(17)9-2-3-14-16-9/h2-5H,1H3,(H,14,16)(H,15,17). The second-order valence-corrected chi connectivity index (χ2v) is 4.77. The number of nitrogens with one attached hydrogen (secondary N) is 2. The molecule has 1 aromatic heterocycles. The number of carbonyl (C=O) groups excluding carboxylic acids is 1. The monoisotopic (exact) mass is 313 g/mol. The van der Waals surface area contributed by atoms with Crippen LogP contribution in [0, 0.1) is 6.92 Å². The molecule has 0 spiro atoms. The Bertz CT molecular complexity index is 554. The molecular formula is C11H9BrClN3O. The number of halogens is 2. The molecule has 1 amide bonds. The highest BCUT2D eigenvalue weighted by molar-refractivity contribution is 9.10. The van der Waals surface area contributed by atoms with E-state index in [0.29, 0.717) is 16.4 Å². The molecule has 0 fully saturated rings. The molecule has 0 saturated carbocycles. The Kier molecular flexibility index (Phi) is 3.49. The maximum Gasteiger partial charge on any atom is 0.273 e. The molecule has 0 saturated heterocycles. The van der Waals surface area contributed by atoms with Gasteiger partial charge in [-0.05, 0) is 46.6 Å². The van der Waals surface area contributed by atoms with Gasteiger partial charge in [0.05, 0.1) is 5.69 Å². The molecular weight excluding hydrogens is 305 g/mol. The lowest BCUT2D eigenvalue weighted by atomic mass is 10.2. The summed E-state index contributed by atoms with van der Waals surface area (Å²) in [6, 6.07) is 5.15. The first-order valence-corrected chi connectivity index (χ1v) is 6.01. The number of hydrogen-bond acceptors (Lipinski definition) is 2. The van der Waals surface area contributed by atoms with E-state index in [1.54, 1.807) is 12.1 Å². The predicted molar refractivity (Wildman–Crippen MR) is 70.4 cm³/mol. The van der Waals surface area contributed by atoms with Gasteiger partial charge < -0.3 is 5.32 Å². The van der Waals surface area contributed by atoms with Gasteiger partial charge in [0.15, 0.2) is 0 Å². The molecule has 0 radical (unpaired) electrons. The van der Waals surface area contributed by atoms with E-state index in [1.165, 1.54) is 6.20 Å². The van der Waals surface area contributed by atoms with Crippen molar-refractivity contribution in [3.05, 3.63) is 45.1 Å². The van der Waals surface area contributed by atoms with Crippen molar-refractivity contribution < 1.29 is 4.79 Å². The highest BCUT2D eigenvalue weighted by Crippen LogP contribution is 2.29. The highest BCUT2D eigenvalue weighted by Gasteiger charge is 2.10. The Morgan fingerprint density at radius 3 is 2.94 bits per heavy atom. The van der Waals surface area contributed by atoms with Crippen LogP contribution >= 0.6 is 27.5 Å². The van der Waals surface area contributed by atoms with Crippen LogP contribution < -0.4 is 5.32 Å². The van der Waals surface area contributed by atoms with E-state index in [4.69, 9.17) is 11.6 Å². The van der Waals surface area contributed by atoms with E-state index in [2.05, 4.69) is 31.4 Å². The van der Waals surface area contributed by atoms with Gasteiger partial charge in [0, 0.05) is 15.7 Å². The first-order chi connectivity index (χ1) is 8.08. The van der Waals surface area contributed by atoms with Crippen molar-refractivity contribution in [2.24, 2.45) is 0 Å². The third kappa shape index (κ3) is 2.68. The third-order valence-electron chi connectivity index (χ3n) is 2.24. The fourth-order valence-corrected chi connectivity index (χ4v) is 2.03. The van der Waals surface area contributed by atoms with Gasteiger partial charge in [-0.25, -0.2) is 0 Å². The first kappa shape index (κ1) is 12.1. The molecule has 0 unspecified atom stereocenters. The lowest BCUT2D eigenvalue weighted by molar-refractivity contribution is 0.102. The number of hydrogen-bond donors (Lipinski definition) is 2. The topological polar surface area (TPSA) is 57.8 Å². The minimum absolute atomic E-state index is 0.261. The number of benzene rings is 1. The molecule has 0 aliphatic rings. The number of aromatic amines is 1. The van der Waals surface area contributed by atoms with Crippen LogP contribution in [0.1, 0.15) is 16.1 Å². The minimum Gasteiger partial charge on any atom is -0.320 e. The summed E-state index contributed by atoms with van der Waals surface area (Å²) in [7, 11) is 0. The Balaban J connectivity index is 2.25. The van der Waals surface area contributed by atoms with E-state index < -0.39 is 0 Å². The van der Waals surface area contributed by atoms with E-state index in [0.717, 1.165) is 10.0 Å². The molecule has 4 nitrogen and oxygen atoms in total. The van der Waals surface area contributed by atoms with E-state index >= 15 is 0 Å². The average molecular weight is 315 g/mol. The van der Waals surface area contributed by atoms with Crippen molar-refractivity contribution in [1.82, 2.24) is 10.2 Å². The third-order valence-corrected chi connectivity index (χ3v) is 3.31. The highest BCUT2D eigenvalue weighted by atomic mass is 79.9. The molecule has 0 bridgehead atoms. The second-order valence-electron chi connectivity index (χ2n) is 3.51. The molecule has 1 aromatic carbocycles. The van der Waals surface area contributed by atoms with Crippen LogP contribution in [0.4, 0.5) is 5.69 Å². The van der Waals surface area contributed by atoms with E-state index in [-0.39, 0.29) is 5.91 Å². The Labute approximate surface area is 111 Å². The van der Waals surface area contributed by atoms with Crippen LogP contribution in [-0.4, -0.2) is 16.1 Å². The molecule has 1 heterocycles. The lowest BCUT2D eigenvalue weighted by Gasteiger charge is -2.08. The van der Waals surface area contributed by atoms with E-state index in [9.17, 15) is 4.79 Å². The molecule has 0 aliphatic heterocycles. The fraction of sp³-hybridized carbons (Fsp3) is 0.0909. The summed E-state index contributed by atoms with van der Waals surface area (Å²) < 4.78 is 0.785. The summed E-state index contributed by atoms with van der Waals surface area (Å²) in [5.74, 6) is -0.261. The number of rotatable bonds is 2. The molecule has 0 atom stereocenters. The van der Waals surface area contributed by atoms with Gasteiger partial charge >= 0.3 is 0 Å². The van der Waals surface area contributed by atoms with Gasteiger partial charge in [-0.3, -0.25) is 9.89 Å². The maximum atomic E-state index is 11.8.